The van der Waals surface area contributed by atoms with Crippen LogP contribution in [0.2, 0.25) is 0 Å². The number of amidine groups is 1. The maximum Gasteiger partial charge on any atom is 0.311 e. The summed E-state index contributed by atoms with van der Waals surface area (Å²) in [6, 6.07) is 23.5. The second-order valence-corrected chi connectivity index (χ2v) is 10.4. The molecule has 0 radical (unpaired) electrons. The van der Waals surface area contributed by atoms with Crippen LogP contribution < -0.4 is 9.80 Å². The number of carbonyl (C=O) groups excluding carboxylic acids is 2. The SMILES string of the molecule is Cc1cccc(N(CCOC(=O)[C@@H]2CC(=O)N(c3ccccc3)C2)C2=NS(=O)(=O)c3ccccc32)c1. The number of carbonyl (C=O) groups is 2. The number of rotatable bonds is 6. The molecule has 1 fully saturated rings. The van der Waals surface area contributed by atoms with E-state index in [1.54, 1.807) is 28.0 Å². The highest BCUT2D eigenvalue weighted by atomic mass is 32.2. The molecule has 1 saturated heterocycles. The number of aryl methyl sites for hydroxylation is 1. The number of benzene rings is 3. The number of sulfonamides is 1. The molecule has 9 heteroatoms. The molecule has 2 aliphatic rings. The van der Waals surface area contributed by atoms with Gasteiger partial charge in [0.2, 0.25) is 5.91 Å². The van der Waals surface area contributed by atoms with Crippen molar-refractivity contribution in [2.24, 2.45) is 10.3 Å². The lowest BCUT2D eigenvalue weighted by atomic mass is 10.1. The zero-order valence-electron chi connectivity index (χ0n) is 19.7. The van der Waals surface area contributed by atoms with Crippen molar-refractivity contribution in [1.29, 1.82) is 0 Å². The van der Waals surface area contributed by atoms with Crippen LogP contribution >= 0.6 is 0 Å². The van der Waals surface area contributed by atoms with Crippen molar-refractivity contribution < 1.29 is 22.7 Å². The van der Waals surface area contributed by atoms with E-state index < -0.39 is 21.9 Å². The molecule has 5 rings (SSSR count). The Labute approximate surface area is 209 Å². The molecule has 2 heterocycles. The minimum atomic E-state index is -3.82. The summed E-state index contributed by atoms with van der Waals surface area (Å²) in [6.07, 6.45) is 0.0909. The van der Waals surface area contributed by atoms with Gasteiger partial charge in [-0.05, 0) is 48.9 Å². The first kappa shape index (κ1) is 23.7. The van der Waals surface area contributed by atoms with Crippen molar-refractivity contribution >= 4 is 39.1 Å². The average Bonchev–Trinajstić information content (AvgIpc) is 3.39. The quantitative estimate of drug-likeness (QED) is 0.478. The molecule has 0 spiro atoms. The third kappa shape index (κ3) is 4.61. The van der Waals surface area contributed by atoms with E-state index in [0.717, 1.165) is 16.9 Å². The Balaban J connectivity index is 1.32. The van der Waals surface area contributed by atoms with Crippen LogP contribution in [0.1, 0.15) is 17.5 Å². The van der Waals surface area contributed by atoms with Crippen molar-refractivity contribution in [1.82, 2.24) is 0 Å². The van der Waals surface area contributed by atoms with Crippen LogP contribution in [-0.2, 0) is 24.3 Å². The van der Waals surface area contributed by atoms with E-state index in [0.29, 0.717) is 11.4 Å². The molecule has 3 aromatic carbocycles. The molecule has 0 bridgehead atoms. The smallest absolute Gasteiger partial charge is 0.311 e. The van der Waals surface area contributed by atoms with Gasteiger partial charge < -0.3 is 14.5 Å². The average molecular weight is 504 g/mol. The minimum Gasteiger partial charge on any atom is -0.464 e. The molecule has 0 aliphatic carbocycles. The summed E-state index contributed by atoms with van der Waals surface area (Å²) >= 11 is 0. The predicted octanol–water partition coefficient (Wildman–Crippen LogP) is 3.55. The summed E-state index contributed by atoms with van der Waals surface area (Å²) in [4.78, 5) is 28.8. The Morgan fingerprint density at radius 1 is 1.06 bits per heavy atom. The Kier molecular flexibility index (Phi) is 6.32. The molecule has 1 amide bonds. The lowest BCUT2D eigenvalue weighted by Gasteiger charge is -2.25. The Bertz CT molecular complexity index is 1450. The van der Waals surface area contributed by atoms with Crippen LogP contribution in [0, 0.1) is 12.8 Å². The molecule has 8 nitrogen and oxygen atoms in total. The number of fused-ring (bicyclic) bond motifs is 1. The number of para-hydroxylation sites is 1. The van der Waals surface area contributed by atoms with Crippen LogP contribution in [0.4, 0.5) is 11.4 Å². The zero-order chi connectivity index (χ0) is 25.3. The van der Waals surface area contributed by atoms with Gasteiger partial charge >= 0.3 is 5.97 Å². The Hall–Kier alpha value is -3.98. The lowest BCUT2D eigenvalue weighted by Crippen LogP contribution is -2.35. The van der Waals surface area contributed by atoms with E-state index >= 15 is 0 Å². The first-order chi connectivity index (χ1) is 17.3. The summed E-state index contributed by atoms with van der Waals surface area (Å²) in [5.41, 5.74) is 2.99. The van der Waals surface area contributed by atoms with Crippen molar-refractivity contribution in [3.63, 3.8) is 0 Å². The predicted molar refractivity (Wildman–Crippen MR) is 137 cm³/mol. The largest absolute Gasteiger partial charge is 0.464 e. The highest BCUT2D eigenvalue weighted by molar-refractivity contribution is 7.90. The van der Waals surface area contributed by atoms with Crippen LogP contribution in [0.15, 0.2) is 88.2 Å². The molecule has 0 unspecified atom stereocenters. The molecule has 184 valence electrons. The lowest BCUT2D eigenvalue weighted by molar-refractivity contribution is -0.148. The van der Waals surface area contributed by atoms with Crippen LogP contribution in [0.3, 0.4) is 0 Å². The van der Waals surface area contributed by atoms with Gasteiger partial charge in [-0.2, -0.15) is 8.42 Å². The van der Waals surface area contributed by atoms with Gasteiger partial charge in [0.15, 0.2) is 5.84 Å². The summed E-state index contributed by atoms with van der Waals surface area (Å²) in [7, 11) is -3.82. The third-order valence-electron chi connectivity index (χ3n) is 6.27. The third-order valence-corrected chi connectivity index (χ3v) is 7.59. The van der Waals surface area contributed by atoms with Crippen molar-refractivity contribution in [3.05, 3.63) is 90.0 Å². The Morgan fingerprint density at radius 2 is 1.81 bits per heavy atom. The molecule has 0 saturated carbocycles. The number of hydrogen-bond donors (Lipinski definition) is 0. The maximum absolute atomic E-state index is 12.8. The van der Waals surface area contributed by atoms with Crippen LogP contribution in [0.25, 0.3) is 0 Å². The van der Waals surface area contributed by atoms with E-state index in [4.69, 9.17) is 4.74 Å². The fourth-order valence-electron chi connectivity index (χ4n) is 4.51. The van der Waals surface area contributed by atoms with E-state index in [2.05, 4.69) is 4.40 Å². The Morgan fingerprint density at radius 3 is 2.58 bits per heavy atom. The highest BCUT2D eigenvalue weighted by Gasteiger charge is 2.36. The molecule has 36 heavy (non-hydrogen) atoms. The van der Waals surface area contributed by atoms with Gasteiger partial charge in [-0.1, -0.05) is 42.5 Å². The monoisotopic (exact) mass is 503 g/mol. The van der Waals surface area contributed by atoms with Crippen molar-refractivity contribution in [3.8, 4) is 0 Å². The number of nitrogens with zero attached hydrogens (tertiary/aromatic N) is 3. The molecule has 3 aromatic rings. The number of esters is 1. The van der Waals surface area contributed by atoms with E-state index in [9.17, 15) is 18.0 Å². The standard InChI is InChI=1S/C27H25N3O5S/c1-19-8-7-11-22(16-19)29(26-23-12-5-6-13-24(23)36(33,34)28-26)14-15-35-27(32)20-17-25(31)30(18-20)21-9-3-2-4-10-21/h2-13,16,20H,14-15,17-18H2,1H3/t20-/m1/s1. The van der Waals surface area contributed by atoms with E-state index in [-0.39, 0.29) is 36.9 Å². The first-order valence-electron chi connectivity index (χ1n) is 11.6. The van der Waals surface area contributed by atoms with Gasteiger partial charge in [-0.3, -0.25) is 9.59 Å². The topological polar surface area (TPSA) is 96.3 Å². The molecule has 2 aliphatic heterocycles. The molecule has 0 aromatic heterocycles. The number of anilines is 2. The van der Waals surface area contributed by atoms with E-state index in [1.165, 1.54) is 6.07 Å². The number of amides is 1. The maximum atomic E-state index is 12.8. The van der Waals surface area contributed by atoms with Gasteiger partial charge in [0, 0.05) is 29.9 Å². The molecule has 0 N–H and O–H groups in total. The van der Waals surface area contributed by atoms with Crippen molar-refractivity contribution in [2.45, 2.75) is 18.2 Å². The summed E-state index contributed by atoms with van der Waals surface area (Å²) in [6.45, 7) is 2.41. The van der Waals surface area contributed by atoms with Gasteiger partial charge in [-0.15, -0.1) is 4.40 Å². The molecule has 1 atom stereocenters. The minimum absolute atomic E-state index is 0.00401. The second kappa shape index (κ2) is 9.58. The van der Waals surface area contributed by atoms with Crippen LogP contribution in [-0.4, -0.2) is 45.8 Å². The highest BCUT2D eigenvalue weighted by Crippen LogP contribution is 2.30. The fourth-order valence-corrected chi connectivity index (χ4v) is 5.73. The summed E-state index contributed by atoms with van der Waals surface area (Å²) < 4.78 is 35.0. The van der Waals surface area contributed by atoms with Crippen molar-refractivity contribution in [2.75, 3.05) is 29.5 Å². The number of ether oxygens (including phenoxy) is 1. The van der Waals surface area contributed by atoms with Gasteiger partial charge in [0.1, 0.15) is 11.5 Å². The first-order valence-corrected chi connectivity index (χ1v) is 13.1. The normalized spacial score (nSPS) is 18.0. The van der Waals surface area contributed by atoms with Gasteiger partial charge in [0.25, 0.3) is 10.0 Å². The molecular weight excluding hydrogens is 478 g/mol. The fraction of sp³-hybridized carbons (Fsp3) is 0.222. The van der Waals surface area contributed by atoms with E-state index in [1.807, 2.05) is 61.5 Å². The van der Waals surface area contributed by atoms with Gasteiger partial charge in [0.05, 0.1) is 12.5 Å². The second-order valence-electron chi connectivity index (χ2n) is 8.79. The summed E-state index contributed by atoms with van der Waals surface area (Å²) in [5.74, 6) is -0.840. The zero-order valence-corrected chi connectivity index (χ0v) is 20.5. The summed E-state index contributed by atoms with van der Waals surface area (Å²) in [5, 5.41) is 0. The number of hydrogen-bond acceptors (Lipinski definition) is 6. The molecular formula is C27H25N3O5S. The van der Waals surface area contributed by atoms with Gasteiger partial charge in [-0.25, -0.2) is 0 Å². The van der Waals surface area contributed by atoms with Crippen LogP contribution in [0.5, 0.6) is 0 Å².